The fourth-order valence-corrected chi connectivity index (χ4v) is 3.81. The number of rotatable bonds is 3. The van der Waals surface area contributed by atoms with Crippen LogP contribution in [0.25, 0.3) is 0 Å². The van der Waals surface area contributed by atoms with Gasteiger partial charge in [-0.2, -0.15) is 0 Å². The van der Waals surface area contributed by atoms with Gasteiger partial charge in [0.2, 0.25) is 0 Å². The normalized spacial score (nSPS) is 17.2. The van der Waals surface area contributed by atoms with Crippen LogP contribution in [0.3, 0.4) is 0 Å². The number of aromatic nitrogens is 2. The lowest BCUT2D eigenvalue weighted by Gasteiger charge is -2.36. The first-order chi connectivity index (χ1) is 13.9. The van der Waals surface area contributed by atoms with Gasteiger partial charge < -0.3 is 14.7 Å². The molecule has 0 spiro atoms. The van der Waals surface area contributed by atoms with Crippen LogP contribution in [-0.2, 0) is 0 Å². The van der Waals surface area contributed by atoms with Crippen LogP contribution >= 0.6 is 0 Å². The maximum Gasteiger partial charge on any atom is 0.257 e. The van der Waals surface area contributed by atoms with Gasteiger partial charge in [0.25, 0.3) is 5.91 Å². The SMILES string of the molecule is Cc1nc(N2CCCC2)cc(N2CCN(C(=O)c3ccc(F)c(F)c3F)CC2)n1. The molecule has 0 atom stereocenters. The predicted molar refractivity (Wildman–Crippen MR) is 103 cm³/mol. The number of carbonyl (C=O) groups is 1. The lowest BCUT2D eigenvalue weighted by molar-refractivity contribution is 0.0740. The summed E-state index contributed by atoms with van der Waals surface area (Å²) in [5, 5.41) is 0. The number of piperazine rings is 1. The zero-order valence-electron chi connectivity index (χ0n) is 16.2. The molecular formula is C20H22F3N5O. The average molecular weight is 405 g/mol. The van der Waals surface area contributed by atoms with Crippen molar-refractivity contribution in [3.8, 4) is 0 Å². The molecule has 2 aliphatic heterocycles. The Kier molecular flexibility index (Phi) is 5.29. The van der Waals surface area contributed by atoms with Gasteiger partial charge in [-0.25, -0.2) is 23.1 Å². The molecule has 4 rings (SSSR count). The Hall–Kier alpha value is -2.84. The van der Waals surface area contributed by atoms with E-state index >= 15 is 0 Å². The number of amides is 1. The maximum atomic E-state index is 14.0. The second kappa shape index (κ2) is 7.88. The van der Waals surface area contributed by atoms with E-state index in [-0.39, 0.29) is 0 Å². The lowest BCUT2D eigenvalue weighted by Crippen LogP contribution is -2.49. The Balaban J connectivity index is 1.46. The minimum absolute atomic E-state index is 0.333. The van der Waals surface area contributed by atoms with Gasteiger partial charge in [-0.15, -0.1) is 0 Å². The van der Waals surface area contributed by atoms with E-state index in [4.69, 9.17) is 0 Å². The number of anilines is 2. The topological polar surface area (TPSA) is 52.6 Å². The number of nitrogens with zero attached hydrogens (tertiary/aromatic N) is 5. The van der Waals surface area contributed by atoms with Gasteiger partial charge in [0.1, 0.15) is 17.5 Å². The molecule has 2 saturated heterocycles. The van der Waals surface area contributed by atoms with Crippen molar-refractivity contribution in [2.24, 2.45) is 0 Å². The molecule has 0 saturated carbocycles. The Morgan fingerprint density at radius 1 is 0.862 bits per heavy atom. The zero-order chi connectivity index (χ0) is 20.5. The molecule has 0 N–H and O–H groups in total. The van der Waals surface area contributed by atoms with Crippen LogP contribution < -0.4 is 9.80 Å². The number of aryl methyl sites for hydroxylation is 1. The Labute approximate surface area is 167 Å². The van der Waals surface area contributed by atoms with E-state index in [2.05, 4.69) is 19.8 Å². The fraction of sp³-hybridized carbons (Fsp3) is 0.450. The van der Waals surface area contributed by atoms with Gasteiger partial charge >= 0.3 is 0 Å². The summed E-state index contributed by atoms with van der Waals surface area (Å²) in [6.45, 7) is 5.50. The van der Waals surface area contributed by atoms with Crippen molar-refractivity contribution in [1.82, 2.24) is 14.9 Å². The molecular weight excluding hydrogens is 383 g/mol. The van der Waals surface area contributed by atoms with Gasteiger partial charge in [0.15, 0.2) is 17.5 Å². The standard InChI is InChI=1S/C20H22F3N5O/c1-13-24-16(26-6-2-3-7-26)12-17(25-13)27-8-10-28(11-9-27)20(29)14-4-5-15(21)19(23)18(14)22/h4-5,12H,2-3,6-11H2,1H3. The summed E-state index contributed by atoms with van der Waals surface area (Å²) < 4.78 is 40.5. The van der Waals surface area contributed by atoms with Crippen molar-refractivity contribution >= 4 is 17.5 Å². The van der Waals surface area contributed by atoms with E-state index in [0.29, 0.717) is 32.0 Å². The van der Waals surface area contributed by atoms with Gasteiger partial charge in [-0.05, 0) is 31.9 Å². The van der Waals surface area contributed by atoms with Crippen molar-refractivity contribution in [2.75, 3.05) is 49.1 Å². The third kappa shape index (κ3) is 3.86. The summed E-state index contributed by atoms with van der Waals surface area (Å²) in [7, 11) is 0. The average Bonchev–Trinajstić information content (AvgIpc) is 3.26. The molecule has 29 heavy (non-hydrogen) atoms. The van der Waals surface area contributed by atoms with Gasteiger partial charge in [0, 0.05) is 45.3 Å². The molecule has 2 aromatic rings. The first-order valence-corrected chi connectivity index (χ1v) is 9.72. The van der Waals surface area contributed by atoms with Crippen molar-refractivity contribution in [3.05, 3.63) is 47.0 Å². The molecule has 0 radical (unpaired) electrons. The largest absolute Gasteiger partial charge is 0.356 e. The number of halogens is 3. The highest BCUT2D eigenvalue weighted by Gasteiger charge is 2.27. The summed E-state index contributed by atoms with van der Waals surface area (Å²) in [6.07, 6.45) is 2.30. The smallest absolute Gasteiger partial charge is 0.257 e. The molecule has 0 bridgehead atoms. The lowest BCUT2D eigenvalue weighted by atomic mass is 10.1. The van der Waals surface area contributed by atoms with Gasteiger partial charge in [-0.3, -0.25) is 4.79 Å². The molecule has 2 fully saturated rings. The minimum atomic E-state index is -1.62. The second-order valence-electron chi connectivity index (χ2n) is 7.33. The summed E-state index contributed by atoms with van der Waals surface area (Å²) in [6, 6.07) is 3.72. The summed E-state index contributed by atoms with van der Waals surface area (Å²) in [5.74, 6) is -2.63. The fourth-order valence-electron chi connectivity index (χ4n) is 3.81. The second-order valence-corrected chi connectivity index (χ2v) is 7.33. The molecule has 9 heteroatoms. The first kappa shape index (κ1) is 19.5. The van der Waals surface area contributed by atoms with Crippen molar-refractivity contribution in [1.29, 1.82) is 0 Å². The predicted octanol–water partition coefficient (Wildman–Crippen LogP) is 2.76. The third-order valence-corrected chi connectivity index (χ3v) is 5.40. The number of hydrogen-bond acceptors (Lipinski definition) is 5. The highest BCUT2D eigenvalue weighted by atomic mass is 19.2. The molecule has 1 amide bonds. The van der Waals surface area contributed by atoms with E-state index in [0.717, 1.165) is 49.7 Å². The van der Waals surface area contributed by atoms with Crippen LogP contribution in [0.5, 0.6) is 0 Å². The number of hydrogen-bond donors (Lipinski definition) is 0. The van der Waals surface area contributed by atoms with Crippen LogP contribution in [0.2, 0.25) is 0 Å². The summed E-state index contributed by atoms with van der Waals surface area (Å²) >= 11 is 0. The molecule has 0 aliphatic carbocycles. The van der Waals surface area contributed by atoms with E-state index in [1.54, 1.807) is 0 Å². The van der Waals surface area contributed by atoms with Crippen molar-refractivity contribution in [2.45, 2.75) is 19.8 Å². The van der Waals surface area contributed by atoms with Crippen molar-refractivity contribution in [3.63, 3.8) is 0 Å². The maximum absolute atomic E-state index is 14.0. The first-order valence-electron chi connectivity index (χ1n) is 9.72. The molecule has 2 aliphatic rings. The molecule has 154 valence electrons. The van der Waals surface area contributed by atoms with E-state index < -0.39 is 28.9 Å². The van der Waals surface area contributed by atoms with Gasteiger partial charge in [-0.1, -0.05) is 0 Å². The van der Waals surface area contributed by atoms with Crippen LogP contribution in [0.15, 0.2) is 18.2 Å². The highest BCUT2D eigenvalue weighted by Crippen LogP contribution is 2.24. The molecule has 1 aromatic heterocycles. The Bertz CT molecular complexity index is 925. The molecule has 3 heterocycles. The molecule has 1 aromatic carbocycles. The van der Waals surface area contributed by atoms with Crippen molar-refractivity contribution < 1.29 is 18.0 Å². The van der Waals surface area contributed by atoms with Crippen LogP contribution in [0, 0.1) is 24.4 Å². The quantitative estimate of drug-likeness (QED) is 0.735. The molecule has 6 nitrogen and oxygen atoms in total. The summed E-state index contributed by atoms with van der Waals surface area (Å²) in [4.78, 5) is 27.4. The Morgan fingerprint density at radius 2 is 1.45 bits per heavy atom. The van der Waals surface area contributed by atoms with E-state index in [9.17, 15) is 18.0 Å². The Morgan fingerprint density at radius 3 is 2.07 bits per heavy atom. The van der Waals surface area contributed by atoms with Crippen LogP contribution in [0.1, 0.15) is 29.0 Å². The number of benzene rings is 1. The van der Waals surface area contributed by atoms with Crippen LogP contribution in [-0.4, -0.2) is 60.0 Å². The van der Waals surface area contributed by atoms with E-state index in [1.165, 1.54) is 4.90 Å². The molecule has 0 unspecified atom stereocenters. The van der Waals surface area contributed by atoms with Gasteiger partial charge in [0.05, 0.1) is 5.56 Å². The number of carbonyl (C=O) groups excluding carboxylic acids is 1. The minimum Gasteiger partial charge on any atom is -0.356 e. The monoisotopic (exact) mass is 405 g/mol. The third-order valence-electron chi connectivity index (χ3n) is 5.40. The zero-order valence-corrected chi connectivity index (χ0v) is 16.2. The summed E-state index contributed by atoms with van der Waals surface area (Å²) in [5.41, 5.74) is -0.452. The van der Waals surface area contributed by atoms with Crippen LogP contribution in [0.4, 0.5) is 24.8 Å². The highest BCUT2D eigenvalue weighted by molar-refractivity contribution is 5.94. The van der Waals surface area contributed by atoms with E-state index in [1.807, 2.05) is 13.0 Å².